The van der Waals surface area contributed by atoms with Gasteiger partial charge in [0.15, 0.2) is 0 Å². The Balaban J connectivity index is 1.55. The Hall–Kier alpha value is -1.08. The predicted molar refractivity (Wildman–Crippen MR) is 103 cm³/mol. The Labute approximate surface area is 158 Å². The molecule has 2 aliphatic heterocycles. The topological polar surface area (TPSA) is 69.7 Å². The van der Waals surface area contributed by atoms with Crippen molar-refractivity contribution in [3.63, 3.8) is 0 Å². The molecule has 0 saturated carbocycles. The van der Waals surface area contributed by atoms with E-state index in [-0.39, 0.29) is 23.2 Å². The summed E-state index contributed by atoms with van der Waals surface area (Å²) in [7, 11) is -3.12. The molecule has 26 heavy (non-hydrogen) atoms. The van der Waals surface area contributed by atoms with Gasteiger partial charge in [0.25, 0.3) is 0 Å². The van der Waals surface area contributed by atoms with Crippen LogP contribution in [0.4, 0.5) is 4.79 Å². The maximum Gasteiger partial charge on any atom is 0.317 e. The molecule has 2 saturated heterocycles. The molecular weight excluding hydrogens is 350 g/mol. The van der Waals surface area contributed by atoms with Crippen LogP contribution in [0.25, 0.3) is 0 Å². The largest absolute Gasteiger partial charge is 0.337 e. The number of amides is 2. The van der Waals surface area contributed by atoms with E-state index in [4.69, 9.17) is 0 Å². The molecule has 7 heteroatoms. The summed E-state index contributed by atoms with van der Waals surface area (Å²) in [5, 5.41) is 3.10. The first-order valence-electron chi connectivity index (χ1n) is 10.0. The van der Waals surface area contributed by atoms with E-state index in [9.17, 15) is 13.2 Å². The van der Waals surface area contributed by atoms with Crippen LogP contribution in [-0.2, 0) is 10.0 Å². The molecule has 2 fully saturated rings. The Morgan fingerprint density at radius 3 is 2.69 bits per heavy atom. The molecule has 0 bridgehead atoms. The van der Waals surface area contributed by atoms with Crippen molar-refractivity contribution >= 4 is 16.1 Å². The molecule has 0 aromatic carbocycles. The van der Waals surface area contributed by atoms with Crippen molar-refractivity contribution in [2.75, 3.05) is 31.9 Å². The molecule has 0 radical (unpaired) electrons. The Kier molecular flexibility index (Phi) is 5.97. The number of rotatable bonds is 4. The zero-order valence-electron chi connectivity index (χ0n) is 16.2. The number of hydrogen-bond acceptors (Lipinski definition) is 3. The second-order valence-electron chi connectivity index (χ2n) is 8.54. The zero-order chi connectivity index (χ0) is 18.8. The van der Waals surface area contributed by atoms with Crippen LogP contribution >= 0.6 is 0 Å². The fourth-order valence-electron chi connectivity index (χ4n) is 4.42. The highest BCUT2D eigenvalue weighted by Gasteiger charge is 2.37. The van der Waals surface area contributed by atoms with Gasteiger partial charge in [-0.2, -0.15) is 4.31 Å². The van der Waals surface area contributed by atoms with E-state index < -0.39 is 10.0 Å². The van der Waals surface area contributed by atoms with Crippen molar-refractivity contribution in [2.45, 2.75) is 64.8 Å². The van der Waals surface area contributed by atoms with Crippen LogP contribution in [0.1, 0.15) is 58.8 Å². The third kappa shape index (κ3) is 4.42. The lowest BCUT2D eigenvalue weighted by molar-refractivity contribution is 0.151. The van der Waals surface area contributed by atoms with Gasteiger partial charge in [0, 0.05) is 37.6 Å². The summed E-state index contributed by atoms with van der Waals surface area (Å²) in [5.41, 5.74) is 1.42. The van der Waals surface area contributed by atoms with Crippen LogP contribution in [0.3, 0.4) is 0 Å². The number of allylic oxidation sites excluding steroid dienone is 1. The van der Waals surface area contributed by atoms with Crippen LogP contribution < -0.4 is 5.32 Å². The second kappa shape index (κ2) is 7.89. The second-order valence-corrected chi connectivity index (χ2v) is 10.6. The standard InChI is InChI=1S/C19H33N3O3S/c1-19(2,16-8-4-3-5-9-16)15-20-18(23)21-11-6-10-17(14-21)22-12-7-13-26(22,24)25/h8,17H,3-7,9-15H2,1-2H3,(H,20,23). The lowest BCUT2D eigenvalue weighted by Crippen LogP contribution is -2.53. The number of hydrogen-bond donors (Lipinski definition) is 1. The van der Waals surface area contributed by atoms with Crippen LogP contribution in [0.5, 0.6) is 0 Å². The third-order valence-corrected chi connectivity index (χ3v) is 8.07. The minimum Gasteiger partial charge on any atom is -0.337 e. The molecule has 2 amide bonds. The highest BCUT2D eigenvalue weighted by atomic mass is 32.2. The van der Waals surface area contributed by atoms with Gasteiger partial charge in [-0.25, -0.2) is 13.2 Å². The Bertz CT molecular complexity index is 657. The van der Waals surface area contributed by atoms with Gasteiger partial charge in [0.2, 0.25) is 10.0 Å². The number of sulfonamides is 1. The predicted octanol–water partition coefficient (Wildman–Crippen LogP) is 2.72. The highest BCUT2D eigenvalue weighted by Crippen LogP contribution is 2.33. The van der Waals surface area contributed by atoms with Gasteiger partial charge in [-0.15, -0.1) is 0 Å². The van der Waals surface area contributed by atoms with Crippen molar-refractivity contribution < 1.29 is 13.2 Å². The van der Waals surface area contributed by atoms with Gasteiger partial charge >= 0.3 is 6.03 Å². The van der Waals surface area contributed by atoms with E-state index in [1.54, 1.807) is 9.21 Å². The molecular formula is C19H33N3O3S. The minimum absolute atomic E-state index is 0.0242. The monoisotopic (exact) mass is 383 g/mol. The maximum absolute atomic E-state index is 12.7. The quantitative estimate of drug-likeness (QED) is 0.759. The van der Waals surface area contributed by atoms with Crippen molar-refractivity contribution in [3.8, 4) is 0 Å². The first kappa shape index (κ1) is 19.7. The average molecular weight is 384 g/mol. The van der Waals surface area contributed by atoms with Gasteiger partial charge in [0.05, 0.1) is 5.75 Å². The lowest BCUT2D eigenvalue weighted by Gasteiger charge is -2.37. The molecule has 3 aliphatic rings. The van der Waals surface area contributed by atoms with Crippen LogP contribution in [-0.4, -0.2) is 61.6 Å². The van der Waals surface area contributed by atoms with E-state index in [0.29, 0.717) is 32.6 Å². The maximum atomic E-state index is 12.7. The number of piperidine rings is 1. The first-order valence-corrected chi connectivity index (χ1v) is 11.6. The van der Waals surface area contributed by atoms with Crippen molar-refractivity contribution in [3.05, 3.63) is 11.6 Å². The van der Waals surface area contributed by atoms with Crippen LogP contribution in [0.2, 0.25) is 0 Å². The molecule has 2 heterocycles. The summed E-state index contributed by atoms with van der Waals surface area (Å²) in [6, 6.07) is -0.119. The van der Waals surface area contributed by atoms with Gasteiger partial charge < -0.3 is 10.2 Å². The number of carbonyl (C=O) groups excluding carboxylic acids is 1. The van der Waals surface area contributed by atoms with Crippen molar-refractivity contribution in [1.82, 2.24) is 14.5 Å². The van der Waals surface area contributed by atoms with E-state index >= 15 is 0 Å². The summed E-state index contributed by atoms with van der Waals surface area (Å²) in [4.78, 5) is 14.5. The molecule has 1 unspecified atom stereocenters. The lowest BCUT2D eigenvalue weighted by atomic mass is 9.78. The minimum atomic E-state index is -3.12. The average Bonchev–Trinajstić information content (AvgIpc) is 3.00. The van der Waals surface area contributed by atoms with E-state index in [1.165, 1.54) is 18.4 Å². The van der Waals surface area contributed by atoms with Gasteiger partial charge in [-0.05, 0) is 44.9 Å². The molecule has 6 nitrogen and oxygen atoms in total. The molecule has 0 aromatic heterocycles. The normalized spacial score (nSPS) is 27.2. The SMILES string of the molecule is CC(C)(CNC(=O)N1CCCC(N2CCCS2(=O)=O)C1)C1=CCCCC1. The van der Waals surface area contributed by atoms with Crippen molar-refractivity contribution in [2.24, 2.45) is 5.41 Å². The fourth-order valence-corrected chi connectivity index (χ4v) is 6.18. The van der Waals surface area contributed by atoms with Gasteiger partial charge in [0.1, 0.15) is 0 Å². The number of carbonyl (C=O) groups is 1. The number of likely N-dealkylation sites (tertiary alicyclic amines) is 1. The zero-order valence-corrected chi connectivity index (χ0v) is 17.0. The van der Waals surface area contributed by atoms with E-state index in [1.807, 2.05) is 0 Å². The summed E-state index contributed by atoms with van der Waals surface area (Å²) < 4.78 is 26.0. The van der Waals surface area contributed by atoms with Gasteiger partial charge in [-0.3, -0.25) is 0 Å². The number of nitrogens with one attached hydrogen (secondary N) is 1. The summed E-state index contributed by atoms with van der Waals surface area (Å²) in [6.07, 6.45) is 9.52. The summed E-state index contributed by atoms with van der Waals surface area (Å²) in [5.74, 6) is 0.249. The molecule has 0 spiro atoms. The number of nitrogens with zero attached hydrogens (tertiary/aromatic N) is 2. The molecule has 1 N–H and O–H groups in total. The number of urea groups is 1. The summed E-state index contributed by atoms with van der Waals surface area (Å²) >= 11 is 0. The van der Waals surface area contributed by atoms with Crippen LogP contribution in [0.15, 0.2) is 11.6 Å². The van der Waals surface area contributed by atoms with E-state index in [2.05, 4.69) is 25.2 Å². The molecule has 0 aromatic rings. The smallest absolute Gasteiger partial charge is 0.317 e. The molecule has 1 aliphatic carbocycles. The third-order valence-electron chi connectivity index (χ3n) is 6.07. The molecule has 148 valence electrons. The van der Waals surface area contributed by atoms with Crippen LogP contribution in [0, 0.1) is 5.41 Å². The Morgan fingerprint density at radius 2 is 2.04 bits per heavy atom. The fraction of sp³-hybridized carbons (Fsp3) is 0.842. The van der Waals surface area contributed by atoms with E-state index in [0.717, 1.165) is 25.7 Å². The van der Waals surface area contributed by atoms with Gasteiger partial charge in [-0.1, -0.05) is 25.5 Å². The first-order chi connectivity index (χ1) is 12.3. The molecule has 1 atom stereocenters. The highest BCUT2D eigenvalue weighted by molar-refractivity contribution is 7.89. The summed E-state index contributed by atoms with van der Waals surface area (Å²) in [6.45, 7) is 6.83. The molecule has 3 rings (SSSR count). The Morgan fingerprint density at radius 1 is 1.23 bits per heavy atom. The van der Waals surface area contributed by atoms with Crippen molar-refractivity contribution in [1.29, 1.82) is 0 Å².